The van der Waals surface area contributed by atoms with Gasteiger partial charge in [-0.3, -0.25) is 4.79 Å². The summed E-state index contributed by atoms with van der Waals surface area (Å²) >= 11 is 0. The molecule has 0 radical (unpaired) electrons. The third kappa shape index (κ3) is 2.64. The summed E-state index contributed by atoms with van der Waals surface area (Å²) in [5.41, 5.74) is 1.70. The highest BCUT2D eigenvalue weighted by Crippen LogP contribution is 2.31. The SMILES string of the molecule is COc1cc(C=O)c(CC2CCCN2)cc1OC. The number of hydrogen-bond donors (Lipinski definition) is 1. The Bertz CT molecular complexity index is 425. The summed E-state index contributed by atoms with van der Waals surface area (Å²) in [5.74, 6) is 1.28. The molecule has 1 heterocycles. The van der Waals surface area contributed by atoms with Gasteiger partial charge in [-0.1, -0.05) is 0 Å². The van der Waals surface area contributed by atoms with Crippen molar-refractivity contribution in [2.75, 3.05) is 20.8 Å². The fraction of sp³-hybridized carbons (Fsp3) is 0.500. The van der Waals surface area contributed by atoms with E-state index < -0.39 is 0 Å². The van der Waals surface area contributed by atoms with E-state index in [1.54, 1.807) is 20.3 Å². The summed E-state index contributed by atoms with van der Waals surface area (Å²) in [6.45, 7) is 1.06. The van der Waals surface area contributed by atoms with Crippen LogP contribution in [0.25, 0.3) is 0 Å². The summed E-state index contributed by atoms with van der Waals surface area (Å²) in [6, 6.07) is 4.11. The third-order valence-corrected chi connectivity index (χ3v) is 3.40. The lowest BCUT2D eigenvalue weighted by Gasteiger charge is -2.15. The molecule has 98 valence electrons. The van der Waals surface area contributed by atoms with Crippen molar-refractivity contribution >= 4 is 6.29 Å². The lowest BCUT2D eigenvalue weighted by Crippen LogP contribution is -2.24. The average molecular weight is 249 g/mol. The van der Waals surface area contributed by atoms with Crippen LogP contribution in [0.5, 0.6) is 11.5 Å². The van der Waals surface area contributed by atoms with Crippen LogP contribution < -0.4 is 14.8 Å². The Morgan fingerprint density at radius 2 is 2.06 bits per heavy atom. The van der Waals surface area contributed by atoms with Crippen molar-refractivity contribution < 1.29 is 14.3 Å². The van der Waals surface area contributed by atoms with Crippen molar-refractivity contribution in [2.45, 2.75) is 25.3 Å². The molecule has 1 aromatic rings. The highest BCUT2D eigenvalue weighted by atomic mass is 16.5. The first-order valence-electron chi connectivity index (χ1n) is 6.22. The first kappa shape index (κ1) is 12.9. The zero-order valence-corrected chi connectivity index (χ0v) is 10.9. The Labute approximate surface area is 107 Å². The van der Waals surface area contributed by atoms with Gasteiger partial charge in [-0.15, -0.1) is 0 Å². The second-order valence-corrected chi connectivity index (χ2v) is 4.52. The standard InChI is InChI=1S/C14H19NO3/c1-17-13-7-10(6-12-4-3-5-15-12)11(9-16)8-14(13)18-2/h7-9,12,15H,3-6H2,1-2H3. The van der Waals surface area contributed by atoms with E-state index in [1.165, 1.54) is 6.42 Å². The molecule has 1 saturated heterocycles. The van der Waals surface area contributed by atoms with Crippen molar-refractivity contribution in [3.63, 3.8) is 0 Å². The van der Waals surface area contributed by atoms with Crippen LogP contribution in [0.1, 0.15) is 28.8 Å². The quantitative estimate of drug-likeness (QED) is 0.808. The predicted molar refractivity (Wildman–Crippen MR) is 69.7 cm³/mol. The Morgan fingerprint density at radius 1 is 1.33 bits per heavy atom. The molecule has 0 spiro atoms. The smallest absolute Gasteiger partial charge is 0.161 e. The Kier molecular flexibility index (Phi) is 4.20. The zero-order valence-electron chi connectivity index (χ0n) is 10.9. The van der Waals surface area contributed by atoms with E-state index in [2.05, 4.69) is 5.32 Å². The molecule has 0 saturated carbocycles. The highest BCUT2D eigenvalue weighted by Gasteiger charge is 2.18. The van der Waals surface area contributed by atoms with Gasteiger partial charge in [0.25, 0.3) is 0 Å². The van der Waals surface area contributed by atoms with Crippen LogP contribution in [0.2, 0.25) is 0 Å². The van der Waals surface area contributed by atoms with E-state index in [0.29, 0.717) is 23.1 Å². The second kappa shape index (κ2) is 5.87. The van der Waals surface area contributed by atoms with Crippen molar-refractivity contribution in [2.24, 2.45) is 0 Å². The summed E-state index contributed by atoms with van der Waals surface area (Å²) in [5, 5.41) is 3.43. The number of carbonyl (C=O) groups excluding carboxylic acids is 1. The van der Waals surface area contributed by atoms with Gasteiger partial charge in [0.1, 0.15) is 6.29 Å². The summed E-state index contributed by atoms with van der Waals surface area (Å²) in [4.78, 5) is 11.2. The van der Waals surface area contributed by atoms with Gasteiger partial charge < -0.3 is 14.8 Å². The number of nitrogens with one attached hydrogen (secondary N) is 1. The molecular weight excluding hydrogens is 230 g/mol. The molecule has 1 unspecified atom stereocenters. The maximum absolute atomic E-state index is 11.2. The van der Waals surface area contributed by atoms with Crippen molar-refractivity contribution in [3.8, 4) is 11.5 Å². The maximum atomic E-state index is 11.2. The number of aldehydes is 1. The van der Waals surface area contributed by atoms with Gasteiger partial charge in [-0.05, 0) is 43.5 Å². The van der Waals surface area contributed by atoms with E-state index in [-0.39, 0.29) is 0 Å². The number of rotatable bonds is 5. The van der Waals surface area contributed by atoms with Crippen LogP contribution in [0.15, 0.2) is 12.1 Å². The average Bonchev–Trinajstić information content (AvgIpc) is 2.91. The maximum Gasteiger partial charge on any atom is 0.161 e. The Hall–Kier alpha value is -1.55. The van der Waals surface area contributed by atoms with E-state index >= 15 is 0 Å². The van der Waals surface area contributed by atoms with Gasteiger partial charge in [-0.25, -0.2) is 0 Å². The minimum Gasteiger partial charge on any atom is -0.493 e. The van der Waals surface area contributed by atoms with Crippen LogP contribution in [0.3, 0.4) is 0 Å². The van der Waals surface area contributed by atoms with Gasteiger partial charge in [0.15, 0.2) is 11.5 Å². The van der Waals surface area contributed by atoms with Crippen LogP contribution in [0, 0.1) is 0 Å². The Balaban J connectivity index is 2.28. The molecule has 4 heteroatoms. The molecule has 1 aromatic carbocycles. The molecule has 0 aliphatic carbocycles. The lowest BCUT2D eigenvalue weighted by molar-refractivity contribution is 0.112. The summed E-state index contributed by atoms with van der Waals surface area (Å²) < 4.78 is 10.5. The largest absolute Gasteiger partial charge is 0.493 e. The minimum absolute atomic E-state index is 0.460. The molecule has 0 amide bonds. The minimum atomic E-state index is 0.460. The number of carbonyl (C=O) groups is 1. The monoisotopic (exact) mass is 249 g/mol. The molecule has 2 rings (SSSR count). The molecule has 0 bridgehead atoms. The fourth-order valence-corrected chi connectivity index (χ4v) is 2.42. The third-order valence-electron chi connectivity index (χ3n) is 3.40. The van der Waals surface area contributed by atoms with Gasteiger partial charge >= 0.3 is 0 Å². The van der Waals surface area contributed by atoms with E-state index in [4.69, 9.17) is 9.47 Å². The van der Waals surface area contributed by atoms with E-state index in [1.807, 2.05) is 6.07 Å². The topological polar surface area (TPSA) is 47.6 Å². The second-order valence-electron chi connectivity index (χ2n) is 4.52. The molecule has 18 heavy (non-hydrogen) atoms. The number of methoxy groups -OCH3 is 2. The first-order chi connectivity index (χ1) is 8.78. The van der Waals surface area contributed by atoms with Crippen molar-refractivity contribution in [1.29, 1.82) is 0 Å². The van der Waals surface area contributed by atoms with E-state index in [9.17, 15) is 4.79 Å². The van der Waals surface area contributed by atoms with Crippen molar-refractivity contribution in [3.05, 3.63) is 23.3 Å². The molecule has 4 nitrogen and oxygen atoms in total. The molecule has 1 fully saturated rings. The molecule has 1 aliphatic rings. The lowest BCUT2D eigenvalue weighted by atomic mass is 9.99. The van der Waals surface area contributed by atoms with Gasteiger partial charge in [-0.2, -0.15) is 0 Å². The fourth-order valence-electron chi connectivity index (χ4n) is 2.42. The highest BCUT2D eigenvalue weighted by molar-refractivity contribution is 5.79. The zero-order chi connectivity index (χ0) is 13.0. The summed E-state index contributed by atoms with van der Waals surface area (Å²) in [6.07, 6.45) is 4.10. The molecule has 1 atom stereocenters. The van der Waals surface area contributed by atoms with Crippen LogP contribution >= 0.6 is 0 Å². The van der Waals surface area contributed by atoms with Gasteiger partial charge in [0, 0.05) is 11.6 Å². The number of benzene rings is 1. The molecule has 0 aromatic heterocycles. The van der Waals surface area contributed by atoms with Crippen molar-refractivity contribution in [1.82, 2.24) is 5.32 Å². The van der Waals surface area contributed by atoms with Gasteiger partial charge in [0.05, 0.1) is 14.2 Å². The molecule has 1 aliphatic heterocycles. The van der Waals surface area contributed by atoms with Crippen LogP contribution in [0.4, 0.5) is 0 Å². The van der Waals surface area contributed by atoms with E-state index in [0.717, 1.165) is 31.2 Å². The molecular formula is C14H19NO3. The Morgan fingerprint density at radius 3 is 2.61 bits per heavy atom. The normalized spacial score (nSPS) is 18.7. The van der Waals surface area contributed by atoms with Crippen LogP contribution in [-0.2, 0) is 6.42 Å². The summed E-state index contributed by atoms with van der Waals surface area (Å²) in [7, 11) is 3.18. The van der Waals surface area contributed by atoms with Gasteiger partial charge in [0.2, 0.25) is 0 Å². The molecule has 1 N–H and O–H groups in total. The number of ether oxygens (including phenoxy) is 2. The predicted octanol–water partition coefficient (Wildman–Crippen LogP) is 1.81. The number of hydrogen-bond acceptors (Lipinski definition) is 4. The van der Waals surface area contributed by atoms with Crippen LogP contribution in [-0.4, -0.2) is 33.1 Å². The first-order valence-corrected chi connectivity index (χ1v) is 6.22.